The van der Waals surface area contributed by atoms with Crippen molar-refractivity contribution >= 4 is 38.9 Å². The van der Waals surface area contributed by atoms with Crippen LogP contribution in [0.2, 0.25) is 0 Å². The molecule has 3 rings (SSSR count). The predicted octanol–water partition coefficient (Wildman–Crippen LogP) is 4.97. The molecule has 1 atom stereocenters. The van der Waals surface area contributed by atoms with Crippen LogP contribution in [0.4, 0.5) is 10.1 Å². The smallest absolute Gasteiger partial charge is 0.238 e. The maximum atomic E-state index is 13.2. The van der Waals surface area contributed by atoms with Crippen LogP contribution in [0.15, 0.2) is 70.5 Å². The lowest BCUT2D eigenvalue weighted by atomic mass is 10.1. The Bertz CT molecular complexity index is 837. The van der Waals surface area contributed by atoms with Crippen molar-refractivity contribution in [1.29, 1.82) is 0 Å². The average molecular weight is 419 g/mol. The molecule has 1 aromatic heterocycles. The molecule has 1 heterocycles. The van der Waals surface area contributed by atoms with Crippen molar-refractivity contribution in [2.45, 2.75) is 6.04 Å². The highest BCUT2D eigenvalue weighted by Gasteiger charge is 2.16. The number of thiophene rings is 1. The van der Waals surface area contributed by atoms with Gasteiger partial charge in [-0.05, 0) is 47.3 Å². The number of carbonyl (C=O) groups excluding carboxylic acids is 1. The Hall–Kier alpha value is -2.02. The molecule has 2 aromatic carbocycles. The second kappa shape index (κ2) is 8.38. The summed E-state index contributed by atoms with van der Waals surface area (Å²) in [7, 11) is 0. The normalized spacial score (nSPS) is 11.9. The van der Waals surface area contributed by atoms with Gasteiger partial charge in [0.15, 0.2) is 0 Å². The fourth-order valence-corrected chi connectivity index (χ4v) is 3.69. The van der Waals surface area contributed by atoms with Crippen LogP contribution >= 0.6 is 27.3 Å². The number of nitrogens with one attached hydrogen (secondary N) is 2. The highest BCUT2D eigenvalue weighted by Crippen LogP contribution is 2.26. The van der Waals surface area contributed by atoms with Gasteiger partial charge < -0.3 is 5.32 Å². The van der Waals surface area contributed by atoms with Gasteiger partial charge in [0.05, 0.1) is 12.6 Å². The van der Waals surface area contributed by atoms with E-state index in [0.29, 0.717) is 0 Å². The van der Waals surface area contributed by atoms with E-state index in [0.717, 1.165) is 20.6 Å². The minimum Gasteiger partial charge on any atom is -0.325 e. The van der Waals surface area contributed by atoms with Crippen molar-refractivity contribution in [2.75, 3.05) is 11.9 Å². The van der Waals surface area contributed by atoms with Crippen LogP contribution in [0.25, 0.3) is 0 Å². The van der Waals surface area contributed by atoms with Gasteiger partial charge in [0.1, 0.15) is 5.82 Å². The van der Waals surface area contributed by atoms with Crippen LogP contribution in [-0.2, 0) is 4.79 Å². The SMILES string of the molecule is O=C(CN[C@H](c1ccc(F)cc1)c1cccs1)Nc1cccc(Br)c1. The molecule has 0 spiro atoms. The highest BCUT2D eigenvalue weighted by molar-refractivity contribution is 9.10. The molecule has 0 aliphatic rings. The molecule has 0 bridgehead atoms. The molecule has 0 aliphatic carbocycles. The van der Waals surface area contributed by atoms with Crippen molar-refractivity contribution in [3.63, 3.8) is 0 Å². The molecule has 1 amide bonds. The van der Waals surface area contributed by atoms with E-state index in [4.69, 9.17) is 0 Å². The van der Waals surface area contributed by atoms with Gasteiger partial charge >= 0.3 is 0 Å². The number of hydrogen-bond acceptors (Lipinski definition) is 3. The molecule has 0 fully saturated rings. The minimum absolute atomic E-state index is 0.137. The van der Waals surface area contributed by atoms with Crippen LogP contribution in [0, 0.1) is 5.82 Å². The first-order chi connectivity index (χ1) is 12.1. The fraction of sp³-hybridized carbons (Fsp3) is 0.105. The number of amides is 1. The third-order valence-corrected chi connectivity index (χ3v) is 5.04. The first kappa shape index (κ1) is 17.8. The molecule has 3 nitrogen and oxygen atoms in total. The van der Waals surface area contributed by atoms with E-state index in [-0.39, 0.29) is 24.3 Å². The zero-order valence-corrected chi connectivity index (χ0v) is 15.6. The maximum absolute atomic E-state index is 13.2. The van der Waals surface area contributed by atoms with Gasteiger partial charge in [0.2, 0.25) is 5.91 Å². The molecule has 0 radical (unpaired) electrons. The highest BCUT2D eigenvalue weighted by atomic mass is 79.9. The lowest BCUT2D eigenvalue weighted by molar-refractivity contribution is -0.115. The minimum atomic E-state index is -0.277. The summed E-state index contributed by atoms with van der Waals surface area (Å²) in [5.74, 6) is -0.414. The third kappa shape index (κ3) is 4.98. The summed E-state index contributed by atoms with van der Waals surface area (Å²) in [6.07, 6.45) is 0. The Kier molecular flexibility index (Phi) is 5.96. The second-order valence-corrected chi connectivity index (χ2v) is 7.33. The number of hydrogen-bond donors (Lipinski definition) is 2. The largest absolute Gasteiger partial charge is 0.325 e. The molecule has 128 valence electrons. The second-order valence-electron chi connectivity index (χ2n) is 5.44. The third-order valence-electron chi connectivity index (χ3n) is 3.61. The molecule has 3 aromatic rings. The molecule has 6 heteroatoms. The summed E-state index contributed by atoms with van der Waals surface area (Å²) >= 11 is 4.97. The van der Waals surface area contributed by atoms with Gasteiger partial charge in [-0.3, -0.25) is 10.1 Å². The Labute approximate surface area is 158 Å². The van der Waals surface area contributed by atoms with Crippen LogP contribution in [-0.4, -0.2) is 12.5 Å². The van der Waals surface area contributed by atoms with Crippen molar-refractivity contribution in [3.05, 3.63) is 86.8 Å². The number of benzene rings is 2. The van der Waals surface area contributed by atoms with Crippen molar-refractivity contribution in [1.82, 2.24) is 5.32 Å². The summed E-state index contributed by atoms with van der Waals surface area (Å²) in [6, 6.07) is 17.6. The molecule has 0 saturated carbocycles. The van der Waals surface area contributed by atoms with Gasteiger partial charge in [-0.1, -0.05) is 40.2 Å². The molecular weight excluding hydrogens is 403 g/mol. The van der Waals surface area contributed by atoms with Gasteiger partial charge in [-0.2, -0.15) is 0 Å². The number of carbonyl (C=O) groups is 1. The Morgan fingerprint density at radius 2 is 1.92 bits per heavy atom. The standard InChI is InChI=1S/C19H16BrFN2OS/c20-14-3-1-4-16(11-14)23-18(24)12-22-19(17-5-2-10-25-17)13-6-8-15(21)9-7-13/h1-11,19,22H,12H2,(H,23,24)/t19-/m1/s1. The van der Waals surface area contributed by atoms with E-state index in [1.54, 1.807) is 23.5 Å². The summed E-state index contributed by atoms with van der Waals surface area (Å²) < 4.78 is 14.1. The van der Waals surface area contributed by atoms with Crippen LogP contribution in [0.1, 0.15) is 16.5 Å². The fourth-order valence-electron chi connectivity index (χ4n) is 2.46. The van der Waals surface area contributed by atoms with Crippen LogP contribution in [0.3, 0.4) is 0 Å². The van der Waals surface area contributed by atoms with Gasteiger partial charge in [0.25, 0.3) is 0 Å². The van der Waals surface area contributed by atoms with E-state index in [2.05, 4.69) is 26.6 Å². The first-order valence-corrected chi connectivity index (χ1v) is 9.37. The zero-order chi connectivity index (χ0) is 17.6. The van der Waals surface area contributed by atoms with Crippen molar-refractivity contribution < 1.29 is 9.18 Å². The van der Waals surface area contributed by atoms with Crippen LogP contribution < -0.4 is 10.6 Å². The number of rotatable bonds is 6. The van der Waals surface area contributed by atoms with E-state index >= 15 is 0 Å². The summed E-state index contributed by atoms with van der Waals surface area (Å²) in [4.78, 5) is 13.3. The lowest BCUT2D eigenvalue weighted by Gasteiger charge is -2.18. The van der Waals surface area contributed by atoms with E-state index in [9.17, 15) is 9.18 Å². The van der Waals surface area contributed by atoms with E-state index < -0.39 is 0 Å². The summed E-state index contributed by atoms with van der Waals surface area (Å²) in [5, 5.41) is 8.09. The molecular formula is C19H16BrFN2OS. The first-order valence-electron chi connectivity index (χ1n) is 7.69. The average Bonchev–Trinajstić information content (AvgIpc) is 3.11. The molecule has 0 saturated heterocycles. The maximum Gasteiger partial charge on any atom is 0.238 e. The zero-order valence-electron chi connectivity index (χ0n) is 13.2. The summed E-state index contributed by atoms with van der Waals surface area (Å²) in [5.41, 5.74) is 1.65. The Balaban J connectivity index is 1.68. The van der Waals surface area contributed by atoms with Gasteiger partial charge in [-0.25, -0.2) is 4.39 Å². The van der Waals surface area contributed by atoms with Crippen LogP contribution in [0.5, 0.6) is 0 Å². The summed E-state index contributed by atoms with van der Waals surface area (Å²) in [6.45, 7) is 0.145. The van der Waals surface area contributed by atoms with Crippen molar-refractivity contribution in [2.24, 2.45) is 0 Å². The lowest BCUT2D eigenvalue weighted by Crippen LogP contribution is -2.31. The monoisotopic (exact) mass is 418 g/mol. The quantitative estimate of drug-likeness (QED) is 0.593. The predicted molar refractivity (Wildman–Crippen MR) is 103 cm³/mol. The van der Waals surface area contributed by atoms with Crippen molar-refractivity contribution in [3.8, 4) is 0 Å². The van der Waals surface area contributed by atoms with E-state index in [1.807, 2.05) is 41.8 Å². The molecule has 0 aliphatic heterocycles. The number of anilines is 1. The topological polar surface area (TPSA) is 41.1 Å². The van der Waals surface area contributed by atoms with Gasteiger partial charge in [0, 0.05) is 15.0 Å². The van der Waals surface area contributed by atoms with Gasteiger partial charge in [-0.15, -0.1) is 11.3 Å². The molecule has 0 unspecified atom stereocenters. The molecule has 25 heavy (non-hydrogen) atoms. The Morgan fingerprint density at radius 3 is 2.60 bits per heavy atom. The Morgan fingerprint density at radius 1 is 1.12 bits per heavy atom. The molecule has 2 N–H and O–H groups in total. The van der Waals surface area contributed by atoms with E-state index in [1.165, 1.54) is 12.1 Å². The number of halogens is 2.